The molecule has 0 unspecified atom stereocenters. The molecule has 0 saturated carbocycles. The van der Waals surface area contributed by atoms with E-state index in [-0.39, 0.29) is 11.7 Å². The molecule has 3 aromatic heterocycles. The van der Waals surface area contributed by atoms with Crippen molar-refractivity contribution < 1.29 is 9.21 Å². The van der Waals surface area contributed by atoms with E-state index in [2.05, 4.69) is 51.8 Å². The first-order chi connectivity index (χ1) is 16.1. The van der Waals surface area contributed by atoms with Crippen LogP contribution < -0.4 is 0 Å². The van der Waals surface area contributed by atoms with Gasteiger partial charge in [-0.15, -0.1) is 21.5 Å². The predicted octanol–water partition coefficient (Wildman–Crippen LogP) is 5.64. The van der Waals surface area contributed by atoms with Gasteiger partial charge in [-0.2, -0.15) is 0 Å². The molecule has 33 heavy (non-hydrogen) atoms. The first-order valence-electron chi connectivity index (χ1n) is 11.0. The van der Waals surface area contributed by atoms with Crippen molar-refractivity contribution in [3.8, 4) is 16.5 Å². The highest BCUT2D eigenvalue weighted by Crippen LogP contribution is 2.28. The van der Waals surface area contributed by atoms with Gasteiger partial charge in [0.1, 0.15) is 0 Å². The minimum absolute atomic E-state index is 0.0180. The smallest absolute Gasteiger partial charge is 0.257 e. The zero-order valence-electron chi connectivity index (χ0n) is 19.0. The lowest BCUT2D eigenvalue weighted by Crippen LogP contribution is -2.32. The van der Waals surface area contributed by atoms with Gasteiger partial charge in [-0.05, 0) is 35.4 Å². The molecule has 0 aliphatic carbocycles. The van der Waals surface area contributed by atoms with Crippen molar-refractivity contribution in [1.29, 1.82) is 0 Å². The molecule has 7 nitrogen and oxygen atoms in total. The van der Waals surface area contributed by atoms with Crippen LogP contribution in [0.15, 0.2) is 63.7 Å². The first kappa shape index (κ1) is 23.3. The summed E-state index contributed by atoms with van der Waals surface area (Å²) in [6.07, 6.45) is 4.57. The number of hydrogen-bond acceptors (Lipinski definition) is 7. The van der Waals surface area contributed by atoms with Crippen LogP contribution in [-0.2, 0) is 11.3 Å². The van der Waals surface area contributed by atoms with Gasteiger partial charge in [-0.3, -0.25) is 9.36 Å². The second-order valence-electron chi connectivity index (χ2n) is 7.88. The van der Waals surface area contributed by atoms with Gasteiger partial charge in [-0.1, -0.05) is 56.8 Å². The third-order valence-electron chi connectivity index (χ3n) is 5.12. The van der Waals surface area contributed by atoms with Gasteiger partial charge in [-0.25, -0.2) is 4.98 Å². The Labute approximate surface area is 201 Å². The van der Waals surface area contributed by atoms with Gasteiger partial charge in [0.15, 0.2) is 5.16 Å². The molecule has 0 N–H and O–H groups in total. The third-order valence-corrected chi connectivity index (χ3v) is 6.93. The molecule has 3 heterocycles. The van der Waals surface area contributed by atoms with E-state index in [0.717, 1.165) is 22.1 Å². The number of aromatic nitrogens is 4. The molecule has 4 aromatic rings. The Balaban J connectivity index is 1.44. The van der Waals surface area contributed by atoms with Crippen LogP contribution in [0.5, 0.6) is 0 Å². The summed E-state index contributed by atoms with van der Waals surface area (Å²) in [5.41, 5.74) is 2.34. The van der Waals surface area contributed by atoms with Crippen molar-refractivity contribution in [2.45, 2.75) is 44.8 Å². The maximum absolute atomic E-state index is 13.1. The van der Waals surface area contributed by atoms with Crippen molar-refractivity contribution >= 4 is 29.0 Å². The highest BCUT2D eigenvalue weighted by molar-refractivity contribution is 7.99. The topological polar surface area (TPSA) is 77.1 Å². The van der Waals surface area contributed by atoms with Crippen molar-refractivity contribution in [2.75, 3.05) is 12.3 Å². The number of carbonyl (C=O) groups excluding carboxylic acids is 1. The van der Waals surface area contributed by atoms with Crippen molar-refractivity contribution in [3.63, 3.8) is 0 Å². The summed E-state index contributed by atoms with van der Waals surface area (Å²) in [4.78, 5) is 20.3. The van der Waals surface area contributed by atoms with Crippen molar-refractivity contribution in [3.05, 3.63) is 65.6 Å². The highest BCUT2D eigenvalue weighted by atomic mass is 32.2. The summed E-state index contributed by atoms with van der Waals surface area (Å²) in [7, 11) is 0. The molecule has 0 aliphatic heterocycles. The minimum atomic E-state index is 0.0180. The number of nitrogens with zero attached hydrogens (tertiary/aromatic N) is 5. The SMILES string of the molecule is CCCN(Cc1nnc(-c2cccs2)o1)C(=O)CSc1nccn1-c1ccccc1C(C)C. The molecule has 0 saturated heterocycles. The molecular weight excluding hydrogens is 454 g/mol. The second kappa shape index (κ2) is 10.8. The van der Waals surface area contributed by atoms with Crippen LogP contribution in [0.2, 0.25) is 0 Å². The number of imidazole rings is 1. The number of thiophene rings is 1. The van der Waals surface area contributed by atoms with Crippen LogP contribution in [0.1, 0.15) is 44.6 Å². The van der Waals surface area contributed by atoms with E-state index in [1.54, 1.807) is 22.4 Å². The average Bonchev–Trinajstić information content (AvgIpc) is 3.59. The molecule has 0 atom stereocenters. The fourth-order valence-electron chi connectivity index (χ4n) is 3.54. The van der Waals surface area contributed by atoms with Gasteiger partial charge >= 0.3 is 0 Å². The molecule has 0 bridgehead atoms. The van der Waals surface area contributed by atoms with Gasteiger partial charge in [0.25, 0.3) is 5.89 Å². The number of benzene rings is 1. The Hall–Kier alpha value is -2.91. The van der Waals surface area contributed by atoms with E-state index in [4.69, 9.17) is 4.42 Å². The first-order valence-corrected chi connectivity index (χ1v) is 12.8. The molecule has 172 valence electrons. The van der Waals surface area contributed by atoms with Crippen LogP contribution in [0.4, 0.5) is 0 Å². The monoisotopic (exact) mass is 481 g/mol. The molecular formula is C24H27N5O2S2. The second-order valence-corrected chi connectivity index (χ2v) is 9.77. The summed E-state index contributed by atoms with van der Waals surface area (Å²) < 4.78 is 7.85. The quantitative estimate of drug-likeness (QED) is 0.273. The minimum Gasteiger partial charge on any atom is -0.418 e. The summed E-state index contributed by atoms with van der Waals surface area (Å²) in [5.74, 6) is 1.62. The standard InChI is InChI=1S/C24H27N5O2S2/c1-4-12-28(15-21-26-27-23(31-21)20-10-7-14-32-20)22(30)16-33-24-25-11-13-29(24)19-9-6-5-8-18(19)17(2)3/h5-11,13-14,17H,4,12,15-16H2,1-3H3. The molecule has 0 fully saturated rings. The number of para-hydroxylation sites is 1. The number of carbonyl (C=O) groups is 1. The van der Waals surface area contributed by atoms with Gasteiger partial charge in [0, 0.05) is 18.9 Å². The Morgan fingerprint density at radius 3 is 2.82 bits per heavy atom. The molecule has 9 heteroatoms. The van der Waals surface area contributed by atoms with Crippen molar-refractivity contribution in [1.82, 2.24) is 24.6 Å². The predicted molar refractivity (Wildman–Crippen MR) is 132 cm³/mol. The number of thioether (sulfide) groups is 1. The lowest BCUT2D eigenvalue weighted by molar-refractivity contribution is -0.129. The van der Waals surface area contributed by atoms with Crippen LogP contribution in [0, 0.1) is 0 Å². The molecule has 0 radical (unpaired) electrons. The lowest BCUT2D eigenvalue weighted by Gasteiger charge is -2.20. The average molecular weight is 482 g/mol. The van der Waals surface area contributed by atoms with Crippen LogP contribution in [0.3, 0.4) is 0 Å². The maximum atomic E-state index is 13.1. The van der Waals surface area contributed by atoms with E-state index in [0.29, 0.717) is 30.8 Å². The van der Waals surface area contributed by atoms with E-state index >= 15 is 0 Å². The van der Waals surface area contributed by atoms with Crippen LogP contribution >= 0.6 is 23.1 Å². The van der Waals surface area contributed by atoms with Crippen molar-refractivity contribution in [2.24, 2.45) is 0 Å². The Morgan fingerprint density at radius 1 is 1.21 bits per heavy atom. The highest BCUT2D eigenvalue weighted by Gasteiger charge is 2.19. The molecule has 4 rings (SSSR count). The molecule has 1 aromatic carbocycles. The fraction of sp³-hybridized carbons (Fsp3) is 0.333. The number of amides is 1. The molecule has 1 amide bonds. The van der Waals surface area contributed by atoms with Gasteiger partial charge in [0.05, 0.1) is 22.9 Å². The Morgan fingerprint density at radius 2 is 2.06 bits per heavy atom. The van der Waals surface area contributed by atoms with E-state index in [1.165, 1.54) is 17.3 Å². The molecule has 0 spiro atoms. The summed E-state index contributed by atoms with van der Waals surface area (Å²) >= 11 is 2.98. The Kier molecular flexibility index (Phi) is 7.61. The third kappa shape index (κ3) is 5.54. The largest absolute Gasteiger partial charge is 0.418 e. The zero-order chi connectivity index (χ0) is 23.2. The summed E-state index contributed by atoms with van der Waals surface area (Å²) in [6, 6.07) is 12.2. The normalized spacial score (nSPS) is 11.3. The summed E-state index contributed by atoms with van der Waals surface area (Å²) in [6.45, 7) is 7.33. The van der Waals surface area contributed by atoms with Gasteiger partial charge < -0.3 is 9.32 Å². The van der Waals surface area contributed by atoms with E-state index in [1.807, 2.05) is 36.7 Å². The zero-order valence-corrected chi connectivity index (χ0v) is 20.6. The maximum Gasteiger partial charge on any atom is 0.257 e. The van der Waals surface area contributed by atoms with Crippen LogP contribution in [0.25, 0.3) is 16.5 Å². The van der Waals surface area contributed by atoms with Crippen LogP contribution in [-0.4, -0.2) is 42.9 Å². The van der Waals surface area contributed by atoms with E-state index < -0.39 is 0 Å². The van der Waals surface area contributed by atoms with Gasteiger partial charge in [0.2, 0.25) is 11.8 Å². The van der Waals surface area contributed by atoms with E-state index in [9.17, 15) is 4.79 Å². The lowest BCUT2D eigenvalue weighted by atomic mass is 10.0. The Bertz CT molecular complexity index is 1180. The fourth-order valence-corrected chi connectivity index (χ4v) is 5.05. The number of rotatable bonds is 10. The number of hydrogen-bond donors (Lipinski definition) is 0. The summed E-state index contributed by atoms with van der Waals surface area (Å²) in [5, 5.41) is 11.0. The molecule has 0 aliphatic rings.